The number of rotatable bonds is 5. The van der Waals surface area contributed by atoms with Crippen molar-refractivity contribution in [3.8, 4) is 11.3 Å². The van der Waals surface area contributed by atoms with E-state index in [1.165, 1.54) is 12.1 Å². The number of furan rings is 1. The Bertz CT molecular complexity index is 578. The van der Waals surface area contributed by atoms with Crippen LogP contribution in [-0.2, 0) is 0 Å². The third kappa shape index (κ3) is 3.24. The second kappa shape index (κ2) is 6.34. The van der Waals surface area contributed by atoms with Gasteiger partial charge in [-0.2, -0.15) is 0 Å². The molecule has 1 heterocycles. The third-order valence-electron chi connectivity index (χ3n) is 2.99. The van der Waals surface area contributed by atoms with Gasteiger partial charge in [-0.3, -0.25) is 4.79 Å². The molecule has 0 aliphatic rings. The molecule has 0 bridgehead atoms. The normalized spacial score (nSPS) is 10.6. The smallest absolute Gasteiger partial charge is 0.289 e. The van der Waals surface area contributed by atoms with Crippen molar-refractivity contribution in [1.82, 2.24) is 10.2 Å². The van der Waals surface area contributed by atoms with E-state index >= 15 is 0 Å². The highest BCUT2D eigenvalue weighted by atomic mass is 19.1. The van der Waals surface area contributed by atoms with Crippen LogP contribution in [0.2, 0.25) is 0 Å². The molecule has 0 spiro atoms. The van der Waals surface area contributed by atoms with E-state index in [0.717, 1.165) is 5.56 Å². The topological polar surface area (TPSA) is 45.5 Å². The van der Waals surface area contributed by atoms with Crippen LogP contribution in [0.15, 0.2) is 40.8 Å². The summed E-state index contributed by atoms with van der Waals surface area (Å²) in [6.45, 7) is 1.32. The minimum Gasteiger partial charge on any atom is -0.451 e. The van der Waals surface area contributed by atoms with Gasteiger partial charge in [-0.1, -0.05) is 0 Å². The summed E-state index contributed by atoms with van der Waals surface area (Å²) in [5.74, 6) is 0.357. The van der Waals surface area contributed by atoms with Crippen molar-refractivity contribution >= 4 is 5.91 Å². The molecule has 0 fully saturated rings. The van der Waals surface area contributed by atoms with Gasteiger partial charge in [0.25, 0.3) is 5.91 Å². The largest absolute Gasteiger partial charge is 0.451 e. The Morgan fingerprint density at radius 3 is 2.60 bits per heavy atom. The Kier molecular flexibility index (Phi) is 4.53. The van der Waals surface area contributed by atoms with Crippen LogP contribution in [-0.4, -0.2) is 38.0 Å². The number of amides is 1. The SMILES string of the molecule is CNCCN(C)C(=O)c1ccc(-c2ccc(F)cc2)o1. The molecule has 1 aromatic heterocycles. The molecule has 0 saturated heterocycles. The minimum absolute atomic E-state index is 0.173. The molecule has 0 aliphatic heterocycles. The Labute approximate surface area is 117 Å². The van der Waals surface area contributed by atoms with Gasteiger partial charge < -0.3 is 14.6 Å². The maximum Gasteiger partial charge on any atom is 0.289 e. The van der Waals surface area contributed by atoms with E-state index < -0.39 is 0 Å². The molecule has 1 aromatic carbocycles. The molecule has 5 heteroatoms. The van der Waals surface area contributed by atoms with Gasteiger partial charge in [0, 0.05) is 25.7 Å². The molecule has 2 aromatic rings. The molecule has 106 valence electrons. The van der Waals surface area contributed by atoms with Crippen LogP contribution in [0.4, 0.5) is 4.39 Å². The van der Waals surface area contributed by atoms with Gasteiger partial charge in [0.15, 0.2) is 5.76 Å². The van der Waals surface area contributed by atoms with Crippen LogP contribution in [0.1, 0.15) is 10.6 Å². The highest BCUT2D eigenvalue weighted by Crippen LogP contribution is 2.22. The number of benzene rings is 1. The lowest BCUT2D eigenvalue weighted by atomic mass is 10.2. The number of carbonyl (C=O) groups is 1. The summed E-state index contributed by atoms with van der Waals surface area (Å²) in [6.07, 6.45) is 0. The number of likely N-dealkylation sites (N-methyl/N-ethyl adjacent to an activating group) is 2. The third-order valence-corrected chi connectivity index (χ3v) is 2.99. The van der Waals surface area contributed by atoms with Gasteiger partial charge in [-0.25, -0.2) is 4.39 Å². The molecule has 0 atom stereocenters. The second-order valence-electron chi connectivity index (χ2n) is 4.50. The number of hydrogen-bond acceptors (Lipinski definition) is 3. The summed E-state index contributed by atoms with van der Waals surface area (Å²) >= 11 is 0. The maximum atomic E-state index is 12.9. The fourth-order valence-corrected chi connectivity index (χ4v) is 1.79. The quantitative estimate of drug-likeness (QED) is 0.912. The van der Waals surface area contributed by atoms with Crippen LogP contribution in [0.25, 0.3) is 11.3 Å². The van der Waals surface area contributed by atoms with Crippen molar-refractivity contribution in [2.24, 2.45) is 0 Å². The molecule has 0 saturated carbocycles. The highest BCUT2D eigenvalue weighted by molar-refractivity contribution is 5.91. The predicted molar refractivity (Wildman–Crippen MR) is 75.0 cm³/mol. The van der Waals surface area contributed by atoms with Crippen LogP contribution >= 0.6 is 0 Å². The molecule has 0 aliphatic carbocycles. The van der Waals surface area contributed by atoms with Crippen LogP contribution in [0.5, 0.6) is 0 Å². The highest BCUT2D eigenvalue weighted by Gasteiger charge is 2.16. The van der Waals surface area contributed by atoms with Crippen molar-refractivity contribution in [3.05, 3.63) is 48.0 Å². The summed E-state index contributed by atoms with van der Waals surface area (Å²) < 4.78 is 18.4. The summed E-state index contributed by atoms with van der Waals surface area (Å²) in [6, 6.07) is 9.31. The fraction of sp³-hybridized carbons (Fsp3) is 0.267. The first-order valence-corrected chi connectivity index (χ1v) is 6.37. The predicted octanol–water partition coefficient (Wildman–Crippen LogP) is 2.38. The summed E-state index contributed by atoms with van der Waals surface area (Å²) in [4.78, 5) is 13.7. The van der Waals surface area contributed by atoms with Crippen LogP contribution < -0.4 is 5.32 Å². The van der Waals surface area contributed by atoms with E-state index in [1.807, 2.05) is 7.05 Å². The molecule has 2 rings (SSSR count). The Morgan fingerprint density at radius 1 is 1.25 bits per heavy atom. The zero-order valence-corrected chi connectivity index (χ0v) is 11.5. The van der Waals surface area contributed by atoms with E-state index in [2.05, 4.69) is 5.32 Å². The number of nitrogens with one attached hydrogen (secondary N) is 1. The van der Waals surface area contributed by atoms with E-state index in [0.29, 0.717) is 18.8 Å². The number of nitrogens with zero attached hydrogens (tertiary/aromatic N) is 1. The van der Waals surface area contributed by atoms with Gasteiger partial charge in [-0.15, -0.1) is 0 Å². The maximum absolute atomic E-state index is 12.9. The number of hydrogen-bond donors (Lipinski definition) is 1. The van der Waals surface area contributed by atoms with Crippen LogP contribution in [0.3, 0.4) is 0 Å². The summed E-state index contributed by atoms with van der Waals surface area (Å²) in [5, 5.41) is 2.98. The van der Waals surface area contributed by atoms with Crippen LogP contribution in [0, 0.1) is 5.82 Å². The lowest BCUT2D eigenvalue weighted by molar-refractivity contribution is 0.0766. The van der Waals surface area contributed by atoms with Gasteiger partial charge in [0.05, 0.1) is 0 Å². The van der Waals surface area contributed by atoms with Gasteiger partial charge >= 0.3 is 0 Å². The van der Waals surface area contributed by atoms with Gasteiger partial charge in [0.2, 0.25) is 0 Å². The standard InChI is InChI=1S/C15H17FN2O2/c1-17-9-10-18(2)15(19)14-8-7-13(20-14)11-3-5-12(16)6-4-11/h3-8,17H,9-10H2,1-2H3. The number of halogens is 1. The van der Waals surface area contributed by atoms with E-state index in [4.69, 9.17) is 4.42 Å². The zero-order valence-electron chi connectivity index (χ0n) is 11.5. The first-order chi connectivity index (χ1) is 9.61. The first-order valence-electron chi connectivity index (χ1n) is 6.37. The van der Waals surface area contributed by atoms with Crippen molar-refractivity contribution in [1.29, 1.82) is 0 Å². The lowest BCUT2D eigenvalue weighted by Crippen LogP contribution is -2.32. The molecule has 20 heavy (non-hydrogen) atoms. The second-order valence-corrected chi connectivity index (χ2v) is 4.50. The van der Waals surface area contributed by atoms with E-state index in [1.54, 1.807) is 36.2 Å². The average Bonchev–Trinajstić information content (AvgIpc) is 2.94. The summed E-state index contributed by atoms with van der Waals surface area (Å²) in [7, 11) is 3.55. The van der Waals surface area contributed by atoms with Gasteiger partial charge in [0.1, 0.15) is 11.6 Å². The van der Waals surface area contributed by atoms with Crippen molar-refractivity contribution < 1.29 is 13.6 Å². The molecule has 0 radical (unpaired) electrons. The molecule has 1 N–H and O–H groups in total. The molecular weight excluding hydrogens is 259 g/mol. The molecule has 1 amide bonds. The number of carbonyl (C=O) groups excluding carboxylic acids is 1. The molecule has 4 nitrogen and oxygen atoms in total. The lowest BCUT2D eigenvalue weighted by Gasteiger charge is -2.14. The van der Waals surface area contributed by atoms with E-state index in [-0.39, 0.29) is 17.5 Å². The van der Waals surface area contributed by atoms with Crippen molar-refractivity contribution in [2.75, 3.05) is 27.2 Å². The average molecular weight is 276 g/mol. The first kappa shape index (κ1) is 14.3. The van der Waals surface area contributed by atoms with Crippen molar-refractivity contribution in [2.45, 2.75) is 0 Å². The monoisotopic (exact) mass is 276 g/mol. The van der Waals surface area contributed by atoms with Gasteiger partial charge in [-0.05, 0) is 43.4 Å². The summed E-state index contributed by atoms with van der Waals surface area (Å²) in [5.41, 5.74) is 0.739. The van der Waals surface area contributed by atoms with Crippen molar-refractivity contribution in [3.63, 3.8) is 0 Å². The minimum atomic E-state index is -0.302. The zero-order chi connectivity index (χ0) is 14.5. The molecular formula is C15H17FN2O2. The fourth-order valence-electron chi connectivity index (χ4n) is 1.79. The Morgan fingerprint density at radius 2 is 1.95 bits per heavy atom. The Balaban J connectivity index is 2.12. The molecule has 0 unspecified atom stereocenters. The van der Waals surface area contributed by atoms with E-state index in [9.17, 15) is 9.18 Å². The Hall–Kier alpha value is -2.14.